The predicted molar refractivity (Wildman–Crippen MR) is 123 cm³/mol. The first-order chi connectivity index (χ1) is 15.1. The molecule has 1 N–H and O–H groups in total. The maximum atomic E-state index is 12.8. The molecule has 1 heterocycles. The van der Waals surface area contributed by atoms with E-state index in [1.54, 1.807) is 0 Å². The van der Waals surface area contributed by atoms with Crippen molar-refractivity contribution in [2.45, 2.75) is 19.8 Å². The summed E-state index contributed by atoms with van der Waals surface area (Å²) in [6.45, 7) is 3.33. The van der Waals surface area contributed by atoms with Crippen LogP contribution in [0.2, 0.25) is 0 Å². The number of esters is 1. The molecule has 0 atom stereocenters. The zero-order valence-electron chi connectivity index (χ0n) is 17.6. The molecule has 158 valence electrons. The highest BCUT2D eigenvalue weighted by Gasteiger charge is 2.18. The van der Waals surface area contributed by atoms with Crippen molar-refractivity contribution in [3.8, 4) is 11.1 Å². The summed E-state index contributed by atoms with van der Waals surface area (Å²) in [4.78, 5) is 26.0. The number of hydrogen-bond acceptors (Lipinski definition) is 4. The van der Waals surface area contributed by atoms with Crippen LogP contribution in [0.5, 0.6) is 0 Å². The van der Waals surface area contributed by atoms with E-state index in [1.165, 1.54) is 12.5 Å². The minimum Gasteiger partial charge on any atom is -0.464 e. The van der Waals surface area contributed by atoms with Gasteiger partial charge in [0.15, 0.2) is 0 Å². The van der Waals surface area contributed by atoms with Crippen molar-refractivity contribution < 1.29 is 14.3 Å². The van der Waals surface area contributed by atoms with Crippen LogP contribution in [0.3, 0.4) is 0 Å². The Balaban J connectivity index is 1.45. The number of anilines is 2. The average molecular weight is 415 g/mol. The highest BCUT2D eigenvalue weighted by atomic mass is 16.5. The second kappa shape index (κ2) is 9.47. The average Bonchev–Trinajstić information content (AvgIpc) is 2.80. The molecule has 31 heavy (non-hydrogen) atoms. The molecule has 1 amide bonds. The maximum Gasteiger partial charge on any atom is 0.302 e. The molecule has 0 radical (unpaired) electrons. The monoisotopic (exact) mass is 414 g/mol. The van der Waals surface area contributed by atoms with Gasteiger partial charge in [-0.2, -0.15) is 0 Å². The third-order valence-corrected chi connectivity index (χ3v) is 5.48. The number of nitrogens with one attached hydrogen (secondary N) is 1. The zero-order valence-corrected chi connectivity index (χ0v) is 17.6. The molecule has 3 aromatic carbocycles. The minimum absolute atomic E-state index is 0.137. The first-order valence-electron chi connectivity index (χ1n) is 10.6. The van der Waals surface area contributed by atoms with Gasteiger partial charge in [0.05, 0.1) is 6.54 Å². The smallest absolute Gasteiger partial charge is 0.302 e. The Morgan fingerprint density at radius 1 is 0.968 bits per heavy atom. The lowest BCUT2D eigenvalue weighted by Gasteiger charge is -2.31. The Bertz CT molecular complexity index is 1060. The van der Waals surface area contributed by atoms with Gasteiger partial charge in [0.1, 0.15) is 6.61 Å². The van der Waals surface area contributed by atoms with Crippen LogP contribution in [0.1, 0.15) is 29.3 Å². The van der Waals surface area contributed by atoms with Gasteiger partial charge in [0.2, 0.25) is 0 Å². The Hall–Kier alpha value is -3.60. The molecule has 0 unspecified atom stereocenters. The van der Waals surface area contributed by atoms with Crippen LogP contribution >= 0.6 is 0 Å². The van der Waals surface area contributed by atoms with Crippen LogP contribution in [0.4, 0.5) is 11.4 Å². The topological polar surface area (TPSA) is 58.6 Å². The SMILES string of the molecule is CC(=O)OCCN1CCCc2ccc(NC(=O)c3ccc(-c4ccccc4)cc3)cc21. The molecular weight excluding hydrogens is 388 g/mol. The molecule has 0 fully saturated rings. The third-order valence-electron chi connectivity index (χ3n) is 5.48. The summed E-state index contributed by atoms with van der Waals surface area (Å²) in [5.41, 5.74) is 5.92. The van der Waals surface area contributed by atoms with E-state index in [2.05, 4.69) is 28.4 Å². The molecule has 0 spiro atoms. The normalized spacial score (nSPS) is 12.7. The van der Waals surface area contributed by atoms with Gasteiger partial charge in [-0.25, -0.2) is 0 Å². The van der Waals surface area contributed by atoms with Crippen LogP contribution in [0.25, 0.3) is 11.1 Å². The first kappa shape index (κ1) is 20.7. The summed E-state index contributed by atoms with van der Waals surface area (Å²) in [6, 6.07) is 23.8. The van der Waals surface area contributed by atoms with Crippen molar-refractivity contribution in [3.05, 3.63) is 83.9 Å². The lowest BCUT2D eigenvalue weighted by molar-refractivity contribution is -0.140. The lowest BCUT2D eigenvalue weighted by atomic mass is 10.0. The summed E-state index contributed by atoms with van der Waals surface area (Å²) in [5, 5.41) is 3.01. The molecule has 0 aromatic heterocycles. The highest BCUT2D eigenvalue weighted by Crippen LogP contribution is 2.30. The van der Waals surface area contributed by atoms with E-state index >= 15 is 0 Å². The highest BCUT2D eigenvalue weighted by molar-refractivity contribution is 6.04. The van der Waals surface area contributed by atoms with Crippen molar-refractivity contribution in [1.82, 2.24) is 0 Å². The van der Waals surface area contributed by atoms with E-state index in [1.807, 2.05) is 54.6 Å². The molecule has 5 heteroatoms. The number of carbonyl (C=O) groups excluding carboxylic acids is 2. The first-order valence-corrected chi connectivity index (χ1v) is 10.6. The molecule has 0 aliphatic carbocycles. The van der Waals surface area contributed by atoms with Crippen molar-refractivity contribution in [1.29, 1.82) is 0 Å². The second-order valence-corrected chi connectivity index (χ2v) is 7.67. The van der Waals surface area contributed by atoms with Crippen molar-refractivity contribution in [2.75, 3.05) is 29.9 Å². The van der Waals surface area contributed by atoms with Crippen molar-refractivity contribution in [2.24, 2.45) is 0 Å². The number of benzene rings is 3. The molecular formula is C26H26N2O3. The maximum absolute atomic E-state index is 12.8. The Morgan fingerprint density at radius 3 is 2.45 bits per heavy atom. The van der Waals surface area contributed by atoms with Crippen LogP contribution < -0.4 is 10.2 Å². The Labute approximate surface area is 182 Å². The quantitative estimate of drug-likeness (QED) is 0.582. The van der Waals surface area contributed by atoms with E-state index in [-0.39, 0.29) is 11.9 Å². The molecule has 4 rings (SSSR count). The Morgan fingerprint density at radius 2 is 1.71 bits per heavy atom. The second-order valence-electron chi connectivity index (χ2n) is 7.67. The zero-order chi connectivity index (χ0) is 21.6. The number of ether oxygens (including phenoxy) is 1. The Kier molecular flexibility index (Phi) is 6.32. The molecule has 0 saturated heterocycles. The van der Waals surface area contributed by atoms with Gasteiger partial charge in [-0.1, -0.05) is 48.5 Å². The summed E-state index contributed by atoms with van der Waals surface area (Å²) in [6.07, 6.45) is 2.07. The lowest BCUT2D eigenvalue weighted by Crippen LogP contribution is -2.33. The van der Waals surface area contributed by atoms with E-state index < -0.39 is 0 Å². The fraction of sp³-hybridized carbons (Fsp3) is 0.231. The number of rotatable bonds is 6. The standard InChI is InChI=1S/C26H26N2O3/c1-19(29)31-17-16-28-15-5-8-22-13-14-24(18-25(22)28)27-26(30)23-11-9-21(10-12-23)20-6-3-2-4-7-20/h2-4,6-7,9-14,18H,5,8,15-17H2,1H3,(H,27,30). The largest absolute Gasteiger partial charge is 0.464 e. The third kappa shape index (κ3) is 5.12. The fourth-order valence-corrected chi connectivity index (χ4v) is 3.91. The molecule has 1 aliphatic rings. The van der Waals surface area contributed by atoms with Crippen LogP contribution in [-0.2, 0) is 16.0 Å². The van der Waals surface area contributed by atoms with Gasteiger partial charge in [0, 0.05) is 30.4 Å². The van der Waals surface area contributed by atoms with Crippen LogP contribution in [0.15, 0.2) is 72.8 Å². The van der Waals surface area contributed by atoms with Gasteiger partial charge in [0.25, 0.3) is 5.91 Å². The van der Waals surface area contributed by atoms with Gasteiger partial charge in [-0.3, -0.25) is 9.59 Å². The van der Waals surface area contributed by atoms with Crippen LogP contribution in [-0.4, -0.2) is 31.6 Å². The summed E-state index contributed by atoms with van der Waals surface area (Å²) >= 11 is 0. The number of fused-ring (bicyclic) bond motifs is 1. The molecule has 5 nitrogen and oxygen atoms in total. The molecule has 0 saturated carbocycles. The summed E-state index contributed by atoms with van der Waals surface area (Å²) in [5.74, 6) is -0.404. The van der Waals surface area contributed by atoms with Gasteiger partial charge < -0.3 is 15.0 Å². The predicted octanol–water partition coefficient (Wildman–Crippen LogP) is 4.92. The fourth-order valence-electron chi connectivity index (χ4n) is 3.91. The minimum atomic E-state index is -0.267. The summed E-state index contributed by atoms with van der Waals surface area (Å²) in [7, 11) is 0. The molecule has 1 aliphatic heterocycles. The number of hydrogen-bond donors (Lipinski definition) is 1. The van der Waals surface area contributed by atoms with E-state index in [4.69, 9.17) is 4.74 Å². The number of nitrogens with zero attached hydrogens (tertiary/aromatic N) is 1. The van der Waals surface area contributed by atoms with Crippen molar-refractivity contribution >= 4 is 23.3 Å². The van der Waals surface area contributed by atoms with Gasteiger partial charge >= 0.3 is 5.97 Å². The molecule has 0 bridgehead atoms. The number of carbonyl (C=O) groups is 2. The van der Waals surface area contributed by atoms with Crippen LogP contribution in [0, 0.1) is 0 Å². The van der Waals surface area contributed by atoms with Gasteiger partial charge in [-0.15, -0.1) is 0 Å². The van der Waals surface area contributed by atoms with E-state index in [9.17, 15) is 9.59 Å². The van der Waals surface area contributed by atoms with E-state index in [0.717, 1.165) is 41.9 Å². The number of amides is 1. The molecule has 3 aromatic rings. The van der Waals surface area contributed by atoms with Crippen molar-refractivity contribution in [3.63, 3.8) is 0 Å². The van der Waals surface area contributed by atoms with E-state index in [0.29, 0.717) is 18.7 Å². The van der Waals surface area contributed by atoms with Gasteiger partial charge in [-0.05, 0) is 53.8 Å². The number of aryl methyl sites for hydroxylation is 1. The summed E-state index contributed by atoms with van der Waals surface area (Å²) < 4.78 is 5.10.